The maximum absolute atomic E-state index is 5.81. The molecule has 5 heterocycles. The Labute approximate surface area is 300 Å². The third kappa shape index (κ3) is 6.61. The molecule has 12 nitrogen and oxygen atoms in total. The Kier molecular flexibility index (Phi) is 8.59. The number of aryl methyl sites for hydroxylation is 1. The lowest BCUT2D eigenvalue weighted by molar-refractivity contribution is 0.414. The maximum atomic E-state index is 5.81. The van der Waals surface area contributed by atoms with E-state index in [0.29, 0.717) is 24.2 Å². The van der Waals surface area contributed by atoms with Crippen LogP contribution in [0, 0.1) is 6.92 Å². The van der Waals surface area contributed by atoms with Crippen LogP contribution < -0.4 is 20.5 Å². The van der Waals surface area contributed by atoms with Crippen LogP contribution in [0.4, 0.5) is 16.2 Å². The van der Waals surface area contributed by atoms with E-state index in [1.54, 1.807) is 31.8 Å². The van der Waals surface area contributed by atoms with Crippen LogP contribution >= 0.6 is 22.7 Å². The molecule has 0 spiro atoms. The number of benzene rings is 4. The van der Waals surface area contributed by atoms with Gasteiger partial charge in [-0.1, -0.05) is 46.9 Å². The van der Waals surface area contributed by atoms with E-state index < -0.39 is 0 Å². The van der Waals surface area contributed by atoms with Gasteiger partial charge >= 0.3 is 0 Å². The number of nitrogen functional groups attached to an aromatic ring is 1. The molecule has 0 aliphatic heterocycles. The van der Waals surface area contributed by atoms with Gasteiger partial charge < -0.3 is 20.5 Å². The Morgan fingerprint density at radius 1 is 0.667 bits per heavy atom. The molecule has 0 unspecified atom stereocenters. The number of methoxy groups -OCH3 is 2. The number of nitrogens with one attached hydrogen (secondary N) is 1. The summed E-state index contributed by atoms with van der Waals surface area (Å²) in [7, 11) is 3.34. The molecule has 3 N–H and O–H groups in total. The minimum absolute atomic E-state index is 0.551. The highest BCUT2D eigenvalue weighted by atomic mass is 32.1. The topological polar surface area (TPSA) is 144 Å². The minimum Gasteiger partial charge on any atom is -0.497 e. The molecule has 0 atom stereocenters. The molecular weight excluding hydrogens is 681 g/mol. The zero-order valence-electron chi connectivity index (χ0n) is 27.9. The molecule has 0 bridgehead atoms. The molecule has 5 aromatic heterocycles. The second-order valence-electron chi connectivity index (χ2n) is 11.7. The number of anilines is 3. The van der Waals surface area contributed by atoms with Crippen LogP contribution in [0.25, 0.3) is 42.2 Å². The highest BCUT2D eigenvalue weighted by molar-refractivity contribution is 7.22. The molecule has 254 valence electrons. The summed E-state index contributed by atoms with van der Waals surface area (Å²) >= 11 is 3.08. The van der Waals surface area contributed by atoms with Gasteiger partial charge in [0.25, 0.3) is 0 Å². The number of aromatic nitrogens is 8. The van der Waals surface area contributed by atoms with Crippen molar-refractivity contribution in [2.24, 2.45) is 0 Å². The van der Waals surface area contributed by atoms with Gasteiger partial charge in [0.15, 0.2) is 10.3 Å². The highest BCUT2D eigenvalue weighted by Crippen LogP contribution is 2.33. The number of hydrogen-bond acceptors (Lipinski definition) is 12. The monoisotopic (exact) mass is 712 g/mol. The number of fused-ring (bicyclic) bond motifs is 6. The third-order valence-corrected chi connectivity index (χ3v) is 10.2. The Balaban J connectivity index is 0.000000152. The number of ether oxygens (including phenoxy) is 2. The van der Waals surface area contributed by atoms with Gasteiger partial charge in [-0.25, -0.2) is 19.9 Å². The fourth-order valence-corrected chi connectivity index (χ4v) is 7.45. The zero-order chi connectivity index (χ0) is 34.9. The van der Waals surface area contributed by atoms with Crippen molar-refractivity contribution in [2.75, 3.05) is 25.3 Å². The van der Waals surface area contributed by atoms with E-state index in [4.69, 9.17) is 20.2 Å². The number of hydrogen-bond donors (Lipinski definition) is 2. The fraction of sp³-hybridized carbons (Fsp3) is 0.135. The summed E-state index contributed by atoms with van der Waals surface area (Å²) in [4.78, 5) is 17.8. The summed E-state index contributed by atoms with van der Waals surface area (Å²) in [5.74, 6) is 2.25. The van der Waals surface area contributed by atoms with Crippen molar-refractivity contribution in [1.29, 1.82) is 0 Å². The van der Waals surface area contributed by atoms with Gasteiger partial charge in [0.1, 0.15) is 11.5 Å². The number of nitrogens with zero attached hydrogens (tertiary/aromatic N) is 8. The van der Waals surface area contributed by atoms with Gasteiger partial charge in [-0.05, 0) is 72.6 Å². The van der Waals surface area contributed by atoms with Crippen molar-refractivity contribution in [1.82, 2.24) is 39.5 Å². The second-order valence-corrected chi connectivity index (χ2v) is 13.8. The number of rotatable bonds is 8. The average Bonchev–Trinajstić information content (AvgIpc) is 3.94. The van der Waals surface area contributed by atoms with Crippen LogP contribution in [0.2, 0.25) is 0 Å². The van der Waals surface area contributed by atoms with Gasteiger partial charge in [0, 0.05) is 22.7 Å². The third-order valence-electron chi connectivity index (χ3n) is 8.38. The van der Waals surface area contributed by atoms with Crippen molar-refractivity contribution < 1.29 is 9.47 Å². The summed E-state index contributed by atoms with van der Waals surface area (Å²) in [5, 5.41) is 15.7. The molecule has 0 fully saturated rings. The molecule has 0 radical (unpaired) electrons. The van der Waals surface area contributed by atoms with Gasteiger partial charge in [0.05, 0.1) is 71.2 Å². The number of nitrogens with two attached hydrogens (primary N) is 1. The average molecular weight is 713 g/mol. The Bertz CT molecular complexity index is 2630. The van der Waals surface area contributed by atoms with Crippen LogP contribution in [0.3, 0.4) is 0 Å². The lowest BCUT2D eigenvalue weighted by Gasteiger charge is -2.05. The van der Waals surface area contributed by atoms with Gasteiger partial charge in [-0.2, -0.15) is 10.2 Å². The summed E-state index contributed by atoms with van der Waals surface area (Å²) in [6.07, 6.45) is 5.48. The van der Waals surface area contributed by atoms with Gasteiger partial charge in [-0.15, -0.1) is 0 Å². The normalized spacial score (nSPS) is 11.3. The van der Waals surface area contributed by atoms with E-state index in [2.05, 4.69) is 66.9 Å². The van der Waals surface area contributed by atoms with Crippen LogP contribution in [0.5, 0.6) is 11.5 Å². The molecular formula is C37H32N10O2S2. The first-order valence-electron chi connectivity index (χ1n) is 16.0. The zero-order valence-corrected chi connectivity index (χ0v) is 29.6. The molecule has 0 saturated heterocycles. The molecule has 4 aromatic carbocycles. The van der Waals surface area contributed by atoms with Crippen molar-refractivity contribution in [3.63, 3.8) is 0 Å². The molecule has 9 rings (SSSR count). The second kappa shape index (κ2) is 13.7. The number of thiazole rings is 2. The first-order valence-corrected chi connectivity index (χ1v) is 17.7. The molecule has 9 aromatic rings. The smallest absolute Gasteiger partial charge is 0.229 e. The quantitative estimate of drug-likeness (QED) is 0.160. The van der Waals surface area contributed by atoms with E-state index in [0.717, 1.165) is 70.1 Å². The minimum atomic E-state index is 0.551. The summed E-state index contributed by atoms with van der Waals surface area (Å²) in [6, 6.07) is 26.2. The fourth-order valence-electron chi connectivity index (χ4n) is 5.83. The van der Waals surface area contributed by atoms with Crippen LogP contribution in [-0.2, 0) is 13.1 Å². The molecule has 0 aliphatic carbocycles. The van der Waals surface area contributed by atoms with Crippen molar-refractivity contribution in [3.8, 4) is 11.5 Å². The highest BCUT2D eigenvalue weighted by Gasteiger charge is 2.13. The Morgan fingerprint density at radius 2 is 1.22 bits per heavy atom. The predicted octanol–water partition coefficient (Wildman–Crippen LogP) is 7.83. The standard InChI is InChI=1S/C21H18N6OS.C16H14N4OS/c1-13-9-10-22-20(24-13)26-21-25-19-16-11-23-27(17(16)7-8-18(19)29-21)12-14-3-5-15(28-2)6-4-14;1-21-11-4-2-10(3-5-11)9-20-13-6-7-14-15(12(13)8-18-20)19-16(17)22-14/h3-11H,12H2,1-2H3,(H,22,24,25,26);2-8H,9H2,1H3,(H2,17,19). The lowest BCUT2D eigenvalue weighted by Crippen LogP contribution is -2.01. The predicted molar refractivity (Wildman–Crippen MR) is 204 cm³/mol. The molecule has 14 heteroatoms. The van der Waals surface area contributed by atoms with E-state index in [1.807, 2.05) is 71.1 Å². The van der Waals surface area contributed by atoms with E-state index >= 15 is 0 Å². The van der Waals surface area contributed by atoms with Crippen LogP contribution in [-0.4, -0.2) is 53.7 Å². The largest absolute Gasteiger partial charge is 0.497 e. The Hall–Kier alpha value is -6.12. The van der Waals surface area contributed by atoms with Gasteiger partial charge in [0.2, 0.25) is 5.95 Å². The summed E-state index contributed by atoms with van der Waals surface area (Å²) in [5.41, 5.74) is 13.0. The van der Waals surface area contributed by atoms with Crippen molar-refractivity contribution >= 4 is 81.1 Å². The molecule has 0 aliphatic rings. The van der Waals surface area contributed by atoms with E-state index in [-0.39, 0.29) is 0 Å². The maximum Gasteiger partial charge on any atom is 0.229 e. The van der Waals surface area contributed by atoms with E-state index in [1.165, 1.54) is 16.9 Å². The summed E-state index contributed by atoms with van der Waals surface area (Å²) < 4.78 is 16.6. The van der Waals surface area contributed by atoms with Crippen LogP contribution in [0.15, 0.2) is 97.5 Å². The first-order chi connectivity index (χ1) is 24.9. The lowest BCUT2D eigenvalue weighted by atomic mass is 10.2. The SMILES string of the molecule is COc1ccc(Cn2ncc3c4nc(N)sc4ccc32)cc1.COc1ccc(Cn2ncc3c4nc(Nc5nccc(C)n5)sc4ccc32)cc1. The summed E-state index contributed by atoms with van der Waals surface area (Å²) in [6.45, 7) is 3.33. The molecule has 0 amide bonds. The van der Waals surface area contributed by atoms with Crippen molar-refractivity contribution in [3.05, 3.63) is 114 Å². The van der Waals surface area contributed by atoms with Crippen molar-refractivity contribution in [2.45, 2.75) is 20.0 Å². The molecule has 51 heavy (non-hydrogen) atoms. The first kappa shape index (κ1) is 32.1. The molecule has 0 saturated carbocycles. The van der Waals surface area contributed by atoms with Gasteiger partial charge in [-0.3, -0.25) is 9.36 Å². The van der Waals surface area contributed by atoms with Crippen LogP contribution in [0.1, 0.15) is 16.8 Å². The van der Waals surface area contributed by atoms with E-state index in [9.17, 15) is 0 Å². The Morgan fingerprint density at radius 3 is 1.76 bits per heavy atom.